The zero-order valence-corrected chi connectivity index (χ0v) is 28.6. The third-order valence-electron chi connectivity index (χ3n) is 8.09. The smallest absolute Gasteiger partial charge is 0.408 e. The van der Waals surface area contributed by atoms with Crippen LogP contribution in [0.3, 0.4) is 0 Å². The standard InChI is InChI=1S/C40H49N3O5/c1-5-6-7-8-9-15-26-43(38(46)35(42-39(47)48-40(2,3)4)27-29-20-24-34(44)25-21-29)36(31-17-11-10-12-18-31)37(45)41-33-23-22-30-16-13-14-19-32(30)28-33/h10-14,16-25,28,35-36,44H,5-9,15,26-27H2,1-4H3,(H,41,45)(H,42,47). The van der Waals surface area contributed by atoms with Gasteiger partial charge in [0.15, 0.2) is 0 Å². The Morgan fingerprint density at radius 2 is 1.44 bits per heavy atom. The molecule has 0 aliphatic carbocycles. The quantitative estimate of drug-likeness (QED) is 0.112. The lowest BCUT2D eigenvalue weighted by Gasteiger charge is -2.34. The van der Waals surface area contributed by atoms with Gasteiger partial charge in [-0.05, 0) is 73.4 Å². The molecule has 3 N–H and O–H groups in total. The predicted molar refractivity (Wildman–Crippen MR) is 192 cm³/mol. The van der Waals surface area contributed by atoms with E-state index in [2.05, 4.69) is 17.6 Å². The van der Waals surface area contributed by atoms with E-state index in [-0.39, 0.29) is 18.1 Å². The molecule has 0 saturated carbocycles. The number of fused-ring (bicyclic) bond motifs is 1. The van der Waals surface area contributed by atoms with Gasteiger partial charge in [-0.1, -0.05) is 112 Å². The lowest BCUT2D eigenvalue weighted by Crippen LogP contribution is -2.53. The van der Waals surface area contributed by atoms with Crippen molar-refractivity contribution in [3.8, 4) is 5.75 Å². The van der Waals surface area contributed by atoms with Crippen LogP contribution in [-0.4, -0.2) is 46.1 Å². The van der Waals surface area contributed by atoms with Gasteiger partial charge >= 0.3 is 6.09 Å². The van der Waals surface area contributed by atoms with E-state index in [1.807, 2.05) is 72.8 Å². The molecule has 8 heteroatoms. The van der Waals surface area contributed by atoms with E-state index >= 15 is 0 Å². The number of ether oxygens (including phenoxy) is 1. The fourth-order valence-electron chi connectivity index (χ4n) is 5.73. The van der Waals surface area contributed by atoms with Gasteiger partial charge in [0.1, 0.15) is 23.4 Å². The monoisotopic (exact) mass is 651 g/mol. The maximum atomic E-state index is 14.8. The number of hydrogen-bond donors (Lipinski definition) is 3. The van der Waals surface area contributed by atoms with Gasteiger partial charge < -0.3 is 25.4 Å². The number of nitrogens with one attached hydrogen (secondary N) is 2. The SMILES string of the molecule is CCCCCCCCN(C(=O)C(Cc1ccc(O)cc1)NC(=O)OC(C)(C)C)C(C(=O)Nc1ccc2ccccc2c1)c1ccccc1. The van der Waals surface area contributed by atoms with Crippen LogP contribution in [0.4, 0.5) is 10.5 Å². The zero-order valence-electron chi connectivity index (χ0n) is 28.6. The maximum absolute atomic E-state index is 14.8. The summed E-state index contributed by atoms with van der Waals surface area (Å²) in [5.74, 6) is -0.651. The van der Waals surface area contributed by atoms with Gasteiger partial charge in [0, 0.05) is 18.7 Å². The van der Waals surface area contributed by atoms with E-state index in [0.29, 0.717) is 24.2 Å². The van der Waals surface area contributed by atoms with Gasteiger partial charge in [-0.2, -0.15) is 0 Å². The molecule has 0 aromatic heterocycles. The number of carbonyl (C=O) groups excluding carboxylic acids is 3. The van der Waals surface area contributed by atoms with Gasteiger partial charge in [0.05, 0.1) is 0 Å². The van der Waals surface area contributed by atoms with Crippen LogP contribution in [0.2, 0.25) is 0 Å². The summed E-state index contributed by atoms with van der Waals surface area (Å²) in [6.07, 6.45) is 5.43. The highest BCUT2D eigenvalue weighted by Crippen LogP contribution is 2.27. The summed E-state index contributed by atoms with van der Waals surface area (Å²) in [4.78, 5) is 43.8. The normalized spacial score (nSPS) is 12.6. The molecule has 0 aliphatic heterocycles. The van der Waals surface area contributed by atoms with E-state index in [1.165, 1.54) is 0 Å². The predicted octanol–water partition coefficient (Wildman–Crippen LogP) is 8.55. The molecule has 0 bridgehead atoms. The molecule has 3 amide bonds. The minimum Gasteiger partial charge on any atom is -0.508 e. The Morgan fingerprint density at radius 3 is 2.12 bits per heavy atom. The highest BCUT2D eigenvalue weighted by atomic mass is 16.6. The van der Waals surface area contributed by atoms with Crippen LogP contribution in [0.25, 0.3) is 10.8 Å². The van der Waals surface area contributed by atoms with E-state index in [9.17, 15) is 19.5 Å². The second kappa shape index (κ2) is 17.3. The lowest BCUT2D eigenvalue weighted by molar-refractivity contribution is -0.140. The minimum atomic E-state index is -1.04. The molecule has 0 spiro atoms. The summed E-state index contributed by atoms with van der Waals surface area (Å²) in [6.45, 7) is 7.77. The average Bonchev–Trinajstić information content (AvgIpc) is 3.05. The van der Waals surface area contributed by atoms with Crippen LogP contribution >= 0.6 is 0 Å². The number of hydrogen-bond acceptors (Lipinski definition) is 5. The number of anilines is 1. The van der Waals surface area contributed by atoms with Crippen molar-refractivity contribution >= 4 is 34.4 Å². The molecule has 2 unspecified atom stereocenters. The number of phenols is 1. The first-order chi connectivity index (χ1) is 23.0. The number of carbonyl (C=O) groups is 3. The Labute approximate surface area is 284 Å². The molecule has 0 saturated heterocycles. The third-order valence-corrected chi connectivity index (χ3v) is 8.09. The van der Waals surface area contributed by atoms with Crippen LogP contribution in [0, 0.1) is 0 Å². The molecule has 0 radical (unpaired) electrons. The minimum absolute atomic E-state index is 0.0981. The number of unbranched alkanes of at least 4 members (excludes halogenated alkanes) is 5. The molecule has 4 rings (SSSR count). The summed E-state index contributed by atoms with van der Waals surface area (Å²) < 4.78 is 5.56. The third kappa shape index (κ3) is 10.9. The average molecular weight is 652 g/mol. The zero-order chi connectivity index (χ0) is 34.5. The van der Waals surface area contributed by atoms with Crippen LogP contribution < -0.4 is 10.6 Å². The maximum Gasteiger partial charge on any atom is 0.408 e. The van der Waals surface area contributed by atoms with Crippen LogP contribution in [0.15, 0.2) is 97.1 Å². The molecule has 4 aromatic carbocycles. The van der Waals surface area contributed by atoms with E-state index in [0.717, 1.165) is 48.4 Å². The second-order valence-electron chi connectivity index (χ2n) is 13.2. The van der Waals surface area contributed by atoms with Crippen molar-refractivity contribution in [2.75, 3.05) is 11.9 Å². The van der Waals surface area contributed by atoms with Gasteiger partial charge in [0.2, 0.25) is 5.91 Å². The Hall–Kier alpha value is -4.85. The molecule has 0 heterocycles. The molecule has 0 aliphatic rings. The van der Waals surface area contributed by atoms with Gasteiger partial charge in [-0.15, -0.1) is 0 Å². The van der Waals surface area contributed by atoms with E-state index < -0.39 is 29.7 Å². The van der Waals surface area contributed by atoms with E-state index in [1.54, 1.807) is 49.9 Å². The van der Waals surface area contributed by atoms with Gasteiger partial charge in [0.25, 0.3) is 5.91 Å². The van der Waals surface area contributed by atoms with Crippen molar-refractivity contribution in [1.82, 2.24) is 10.2 Å². The number of nitrogens with zero attached hydrogens (tertiary/aromatic N) is 1. The van der Waals surface area contributed by atoms with E-state index in [4.69, 9.17) is 4.74 Å². The number of alkyl carbamates (subject to hydrolysis) is 1. The summed E-state index contributed by atoms with van der Waals surface area (Å²) in [7, 11) is 0. The Bertz CT molecular complexity index is 1630. The Balaban J connectivity index is 1.71. The van der Waals surface area contributed by atoms with Crippen LogP contribution in [-0.2, 0) is 20.7 Å². The molecular weight excluding hydrogens is 602 g/mol. The van der Waals surface area contributed by atoms with Crippen LogP contribution in [0.1, 0.15) is 83.4 Å². The van der Waals surface area contributed by atoms with Crippen molar-refractivity contribution < 1.29 is 24.2 Å². The number of aromatic hydroxyl groups is 1. The molecule has 0 fully saturated rings. The number of phenolic OH excluding ortho intramolecular Hbond substituents is 1. The Kier molecular flexibility index (Phi) is 13.0. The topological polar surface area (TPSA) is 108 Å². The largest absolute Gasteiger partial charge is 0.508 e. The number of amides is 3. The molecule has 2 atom stereocenters. The van der Waals surface area contributed by atoms with Crippen molar-refractivity contribution in [3.05, 3.63) is 108 Å². The highest BCUT2D eigenvalue weighted by Gasteiger charge is 2.36. The fraction of sp³-hybridized carbons (Fsp3) is 0.375. The fourth-order valence-corrected chi connectivity index (χ4v) is 5.73. The summed E-state index contributed by atoms with van der Waals surface area (Å²) >= 11 is 0. The van der Waals surface area contributed by atoms with Crippen LogP contribution in [0.5, 0.6) is 5.75 Å². The van der Waals surface area contributed by atoms with Gasteiger partial charge in [-0.3, -0.25) is 9.59 Å². The van der Waals surface area contributed by atoms with Gasteiger partial charge in [-0.25, -0.2) is 4.79 Å². The molecule has 8 nitrogen and oxygen atoms in total. The first-order valence-electron chi connectivity index (χ1n) is 17.0. The highest BCUT2D eigenvalue weighted by molar-refractivity contribution is 6.00. The summed E-state index contributed by atoms with van der Waals surface area (Å²) in [5, 5.41) is 17.8. The van der Waals surface area contributed by atoms with Crippen molar-refractivity contribution in [3.63, 3.8) is 0 Å². The van der Waals surface area contributed by atoms with Crippen molar-refractivity contribution in [1.29, 1.82) is 0 Å². The molecular formula is C40H49N3O5. The molecule has 4 aromatic rings. The summed E-state index contributed by atoms with van der Waals surface area (Å²) in [5.41, 5.74) is 1.24. The first kappa shape index (κ1) is 36.0. The summed E-state index contributed by atoms with van der Waals surface area (Å²) in [6, 6.07) is 27.5. The molecule has 48 heavy (non-hydrogen) atoms. The lowest BCUT2D eigenvalue weighted by atomic mass is 9.99. The first-order valence-corrected chi connectivity index (χ1v) is 17.0. The molecule has 254 valence electrons. The van der Waals surface area contributed by atoms with Crippen molar-refractivity contribution in [2.45, 2.75) is 90.3 Å². The number of benzene rings is 4. The Morgan fingerprint density at radius 1 is 0.792 bits per heavy atom. The number of rotatable bonds is 15. The van der Waals surface area contributed by atoms with Crippen molar-refractivity contribution in [2.24, 2.45) is 0 Å². The second-order valence-corrected chi connectivity index (χ2v) is 13.2.